The molecule has 11 heteroatoms. The highest BCUT2D eigenvalue weighted by molar-refractivity contribution is 5.92. The molecule has 0 aliphatic carbocycles. The molecule has 0 radical (unpaired) electrons. The van der Waals surface area contributed by atoms with Crippen molar-refractivity contribution in [3.63, 3.8) is 0 Å². The summed E-state index contributed by atoms with van der Waals surface area (Å²) in [5.41, 5.74) is 4.04. The summed E-state index contributed by atoms with van der Waals surface area (Å²) in [7, 11) is 6.00. The van der Waals surface area contributed by atoms with Crippen LogP contribution in [-0.2, 0) is 31.5 Å². The molecule has 3 heterocycles. The van der Waals surface area contributed by atoms with Crippen molar-refractivity contribution in [2.24, 2.45) is 7.05 Å². The second-order valence-corrected chi connectivity index (χ2v) is 6.28. The van der Waals surface area contributed by atoms with Crippen molar-refractivity contribution in [2.75, 3.05) is 14.1 Å². The number of aliphatic carboxylic acids is 1. The van der Waals surface area contributed by atoms with Crippen molar-refractivity contribution >= 4 is 11.9 Å². The third-order valence-corrected chi connectivity index (χ3v) is 3.87. The van der Waals surface area contributed by atoms with Crippen LogP contribution in [0.2, 0.25) is 0 Å². The molecule has 0 unspecified atom stereocenters. The maximum absolute atomic E-state index is 12.4. The lowest BCUT2D eigenvalue weighted by Crippen LogP contribution is -2.27. The first-order valence-corrected chi connectivity index (χ1v) is 7.91. The van der Waals surface area contributed by atoms with E-state index in [4.69, 9.17) is 9.90 Å². The molecule has 0 aromatic carbocycles. The number of aromatic amines is 1. The molecular formula is C16H20F3N5O3. The zero-order valence-electron chi connectivity index (χ0n) is 15.0. The van der Waals surface area contributed by atoms with E-state index in [0.29, 0.717) is 18.8 Å². The van der Waals surface area contributed by atoms with Crippen LogP contribution in [0.25, 0.3) is 0 Å². The molecule has 27 heavy (non-hydrogen) atoms. The van der Waals surface area contributed by atoms with Gasteiger partial charge in [-0.3, -0.25) is 9.48 Å². The molecule has 0 saturated heterocycles. The Morgan fingerprint density at radius 2 is 1.96 bits per heavy atom. The van der Waals surface area contributed by atoms with Gasteiger partial charge >= 0.3 is 12.1 Å². The van der Waals surface area contributed by atoms with Gasteiger partial charge in [-0.2, -0.15) is 18.3 Å². The molecule has 3 rings (SSSR count). The van der Waals surface area contributed by atoms with Gasteiger partial charge in [0.05, 0.1) is 24.5 Å². The number of amides is 1. The van der Waals surface area contributed by atoms with Crippen molar-refractivity contribution in [1.82, 2.24) is 24.6 Å². The zero-order valence-corrected chi connectivity index (χ0v) is 15.0. The Morgan fingerprint density at radius 3 is 2.44 bits per heavy atom. The van der Waals surface area contributed by atoms with E-state index in [9.17, 15) is 18.0 Å². The van der Waals surface area contributed by atoms with E-state index in [1.807, 2.05) is 42.9 Å². The molecule has 8 nitrogen and oxygen atoms in total. The molecule has 2 N–H and O–H groups in total. The van der Waals surface area contributed by atoms with Gasteiger partial charge in [-0.1, -0.05) is 0 Å². The van der Waals surface area contributed by atoms with Crippen LogP contribution < -0.4 is 0 Å². The van der Waals surface area contributed by atoms with Crippen LogP contribution in [0, 0.1) is 0 Å². The van der Waals surface area contributed by atoms with Crippen molar-refractivity contribution < 1.29 is 27.9 Å². The minimum atomic E-state index is -5.08. The minimum Gasteiger partial charge on any atom is -0.475 e. The molecule has 1 aliphatic rings. The number of H-pyrrole nitrogens is 1. The average Bonchev–Trinajstić information content (AvgIpc) is 3.26. The predicted octanol–water partition coefficient (Wildman–Crippen LogP) is 1.60. The fraction of sp³-hybridized carbons (Fsp3) is 0.438. The molecule has 1 aliphatic heterocycles. The SMILES string of the molecule is CN(C)Cc1nn(C)c2c1CN(C(=O)c1ccc[nH]1)C2.O=C(O)C(F)(F)F. The maximum atomic E-state index is 12.4. The molecule has 0 spiro atoms. The molecule has 0 saturated carbocycles. The average molecular weight is 387 g/mol. The van der Waals surface area contributed by atoms with Gasteiger partial charge in [0.15, 0.2) is 0 Å². The van der Waals surface area contributed by atoms with E-state index in [1.54, 1.807) is 6.20 Å². The lowest BCUT2D eigenvalue weighted by Gasteiger charge is -2.15. The highest BCUT2D eigenvalue weighted by Gasteiger charge is 2.38. The summed E-state index contributed by atoms with van der Waals surface area (Å²) in [6, 6.07) is 3.65. The Labute approximate surface area is 153 Å². The number of carbonyl (C=O) groups excluding carboxylic acids is 1. The van der Waals surface area contributed by atoms with Gasteiger partial charge in [0, 0.05) is 25.4 Å². The van der Waals surface area contributed by atoms with Crippen LogP contribution in [-0.4, -0.2) is 61.8 Å². The third kappa shape index (κ3) is 4.88. The lowest BCUT2D eigenvalue weighted by molar-refractivity contribution is -0.192. The fourth-order valence-corrected chi connectivity index (χ4v) is 2.68. The Kier molecular flexibility index (Phi) is 5.94. The maximum Gasteiger partial charge on any atom is 0.490 e. The molecule has 0 fully saturated rings. The van der Waals surface area contributed by atoms with Gasteiger partial charge in [0.2, 0.25) is 0 Å². The smallest absolute Gasteiger partial charge is 0.475 e. The summed E-state index contributed by atoms with van der Waals surface area (Å²) in [5, 5.41) is 11.7. The number of carbonyl (C=O) groups is 2. The van der Waals surface area contributed by atoms with E-state index in [2.05, 4.69) is 15.0 Å². The Bertz CT molecular complexity index is 812. The monoisotopic (exact) mass is 387 g/mol. The summed E-state index contributed by atoms with van der Waals surface area (Å²) in [6.45, 7) is 2.07. The lowest BCUT2D eigenvalue weighted by atomic mass is 10.2. The van der Waals surface area contributed by atoms with Gasteiger partial charge < -0.3 is 19.9 Å². The predicted molar refractivity (Wildman–Crippen MR) is 88.7 cm³/mol. The number of carboxylic acid groups (broad SMARTS) is 1. The number of aryl methyl sites for hydroxylation is 1. The molecule has 148 valence electrons. The van der Waals surface area contributed by atoms with Gasteiger partial charge in [-0.15, -0.1) is 0 Å². The van der Waals surface area contributed by atoms with Crippen molar-refractivity contribution in [3.05, 3.63) is 41.0 Å². The molecule has 2 aromatic heterocycles. The third-order valence-electron chi connectivity index (χ3n) is 3.87. The summed E-state index contributed by atoms with van der Waals surface area (Å²) in [4.78, 5) is 28.2. The second kappa shape index (κ2) is 7.82. The first-order valence-electron chi connectivity index (χ1n) is 7.91. The van der Waals surface area contributed by atoms with Crippen LogP contribution in [0.1, 0.15) is 27.4 Å². The fourth-order valence-electron chi connectivity index (χ4n) is 2.68. The standard InChI is InChI=1S/C14H19N5O.C2HF3O2/c1-17(2)8-12-10-7-19(9-13(10)18(3)16-12)14(20)11-5-4-6-15-11;3-2(4,5)1(6)7/h4-6,15H,7-9H2,1-3H3;(H,6,7). The summed E-state index contributed by atoms with van der Waals surface area (Å²) >= 11 is 0. The van der Waals surface area contributed by atoms with Gasteiger partial charge in [0.25, 0.3) is 5.91 Å². The Morgan fingerprint density at radius 1 is 1.33 bits per heavy atom. The van der Waals surface area contributed by atoms with Gasteiger partial charge in [-0.25, -0.2) is 4.79 Å². The largest absolute Gasteiger partial charge is 0.490 e. The number of rotatable bonds is 3. The van der Waals surface area contributed by atoms with E-state index in [-0.39, 0.29) is 5.91 Å². The normalized spacial score (nSPS) is 13.4. The summed E-state index contributed by atoms with van der Waals surface area (Å²) < 4.78 is 33.6. The summed E-state index contributed by atoms with van der Waals surface area (Å²) in [5.74, 6) is -2.71. The van der Waals surface area contributed by atoms with E-state index in [1.165, 1.54) is 5.56 Å². The molecule has 2 aromatic rings. The highest BCUT2D eigenvalue weighted by atomic mass is 19.4. The topological polar surface area (TPSA) is 94.5 Å². The molecule has 0 bridgehead atoms. The number of halogens is 3. The Hall–Kier alpha value is -2.82. The highest BCUT2D eigenvalue weighted by Crippen LogP contribution is 2.27. The quantitative estimate of drug-likeness (QED) is 0.834. The van der Waals surface area contributed by atoms with E-state index >= 15 is 0 Å². The number of nitrogens with zero attached hydrogens (tertiary/aromatic N) is 4. The molecule has 0 atom stereocenters. The number of alkyl halides is 3. The number of fused-ring (bicyclic) bond motifs is 1. The summed E-state index contributed by atoms with van der Waals surface area (Å²) in [6.07, 6.45) is -3.31. The van der Waals surface area contributed by atoms with Crippen molar-refractivity contribution in [3.8, 4) is 0 Å². The number of carboxylic acids is 1. The van der Waals surface area contributed by atoms with Gasteiger partial charge in [0.1, 0.15) is 5.69 Å². The van der Waals surface area contributed by atoms with Gasteiger partial charge in [-0.05, 0) is 26.2 Å². The number of hydrogen-bond donors (Lipinski definition) is 2. The van der Waals surface area contributed by atoms with E-state index in [0.717, 1.165) is 17.9 Å². The Balaban J connectivity index is 0.000000321. The van der Waals surface area contributed by atoms with Crippen molar-refractivity contribution in [2.45, 2.75) is 25.8 Å². The number of aromatic nitrogens is 3. The van der Waals surface area contributed by atoms with Crippen LogP contribution in [0.4, 0.5) is 13.2 Å². The zero-order chi connectivity index (χ0) is 20.4. The van der Waals surface area contributed by atoms with Crippen molar-refractivity contribution in [1.29, 1.82) is 0 Å². The van der Waals surface area contributed by atoms with Crippen LogP contribution in [0.5, 0.6) is 0 Å². The van der Waals surface area contributed by atoms with Crippen LogP contribution in [0.15, 0.2) is 18.3 Å². The first kappa shape index (κ1) is 20.5. The number of hydrogen-bond acceptors (Lipinski definition) is 4. The minimum absolute atomic E-state index is 0.0435. The first-order chi connectivity index (χ1) is 12.5. The number of nitrogens with one attached hydrogen (secondary N) is 1. The van der Waals surface area contributed by atoms with E-state index < -0.39 is 12.1 Å². The second-order valence-electron chi connectivity index (χ2n) is 6.28. The molecule has 1 amide bonds. The molecular weight excluding hydrogens is 367 g/mol. The van der Waals surface area contributed by atoms with Crippen LogP contribution >= 0.6 is 0 Å². The van der Waals surface area contributed by atoms with Crippen LogP contribution in [0.3, 0.4) is 0 Å².